The summed E-state index contributed by atoms with van der Waals surface area (Å²) in [7, 11) is 0. The Morgan fingerprint density at radius 3 is 1.50 bits per heavy atom. The van der Waals surface area contributed by atoms with Gasteiger partial charge in [-0.1, -0.05) is 54.6 Å². The van der Waals surface area contributed by atoms with Crippen molar-refractivity contribution in [3.05, 3.63) is 91.0 Å². The maximum atomic E-state index is 12.6. The summed E-state index contributed by atoms with van der Waals surface area (Å²) in [5.74, 6) is 0.768. The molecule has 8 nitrogen and oxygen atoms in total. The lowest BCUT2D eigenvalue weighted by Gasteiger charge is -2.16. The first kappa shape index (κ1) is 20.8. The van der Waals surface area contributed by atoms with Crippen molar-refractivity contribution in [1.29, 1.82) is 0 Å². The van der Waals surface area contributed by atoms with E-state index in [0.717, 1.165) is 17.1 Å². The molecule has 1 atom stereocenters. The zero-order valence-corrected chi connectivity index (χ0v) is 17.5. The first-order valence-corrected chi connectivity index (χ1v) is 10.2. The molecule has 1 amide bonds. The summed E-state index contributed by atoms with van der Waals surface area (Å²) in [6.07, 6.45) is 0. The second kappa shape index (κ2) is 10.0. The quantitative estimate of drug-likeness (QED) is 0.321. The summed E-state index contributed by atoms with van der Waals surface area (Å²) in [4.78, 5) is 25.9. The van der Waals surface area contributed by atoms with E-state index in [1.807, 2.05) is 91.0 Å². The van der Waals surface area contributed by atoms with E-state index in [1.54, 1.807) is 6.92 Å². The lowest BCUT2D eigenvalue weighted by Crippen LogP contribution is -2.32. The minimum atomic E-state index is -0.577. The number of carbonyl (C=O) groups is 1. The molecule has 3 aromatic carbocycles. The van der Waals surface area contributed by atoms with E-state index in [9.17, 15) is 4.79 Å². The molecule has 0 fully saturated rings. The van der Waals surface area contributed by atoms with Gasteiger partial charge in [-0.15, -0.1) is 0 Å². The topological polar surface area (TPSA) is 104 Å². The van der Waals surface area contributed by atoms with Gasteiger partial charge in [-0.25, -0.2) is 0 Å². The summed E-state index contributed by atoms with van der Waals surface area (Å²) < 4.78 is 0. The van der Waals surface area contributed by atoms with Crippen molar-refractivity contribution in [3.8, 4) is 0 Å². The number of hydrogen-bond acceptors (Lipinski definition) is 7. The fourth-order valence-corrected chi connectivity index (χ4v) is 2.88. The van der Waals surface area contributed by atoms with Gasteiger partial charge in [0, 0.05) is 17.1 Å². The molecule has 0 saturated heterocycles. The highest BCUT2D eigenvalue weighted by molar-refractivity contribution is 5.96. The fourth-order valence-electron chi connectivity index (χ4n) is 2.88. The molecule has 4 rings (SSSR count). The molecule has 8 heteroatoms. The normalized spacial score (nSPS) is 11.3. The van der Waals surface area contributed by atoms with Crippen molar-refractivity contribution in [1.82, 2.24) is 15.0 Å². The van der Waals surface area contributed by atoms with Gasteiger partial charge < -0.3 is 21.3 Å². The van der Waals surface area contributed by atoms with Crippen LogP contribution < -0.4 is 21.3 Å². The number of benzene rings is 3. The molecule has 0 saturated carbocycles. The maximum Gasteiger partial charge on any atom is 0.246 e. The van der Waals surface area contributed by atoms with Crippen LogP contribution in [-0.2, 0) is 4.79 Å². The van der Waals surface area contributed by atoms with E-state index in [0.29, 0.717) is 11.9 Å². The Hall–Kier alpha value is -4.46. The Morgan fingerprint density at radius 2 is 1.03 bits per heavy atom. The molecule has 1 heterocycles. The molecule has 0 aliphatic carbocycles. The highest BCUT2D eigenvalue weighted by Crippen LogP contribution is 2.19. The van der Waals surface area contributed by atoms with Crippen LogP contribution in [0.5, 0.6) is 0 Å². The standard InChI is InChI=1S/C24H23N7O/c1-17(21(32)26-18-11-5-2-6-12-18)25-22-29-23(27-19-13-7-3-8-14-19)31-24(30-22)28-20-15-9-4-10-16-20/h2-17H,1H3,(H,26,32)(H3,25,27,28,29,30,31)/t17-/m1/s1. The Morgan fingerprint density at radius 1 is 0.625 bits per heavy atom. The zero-order valence-electron chi connectivity index (χ0n) is 17.5. The molecular weight excluding hydrogens is 402 g/mol. The van der Waals surface area contributed by atoms with Crippen LogP contribution in [0.1, 0.15) is 6.92 Å². The molecule has 0 aliphatic heterocycles. The van der Waals surface area contributed by atoms with Gasteiger partial charge in [0.25, 0.3) is 0 Å². The van der Waals surface area contributed by atoms with Gasteiger partial charge in [0.05, 0.1) is 0 Å². The largest absolute Gasteiger partial charge is 0.342 e. The number of para-hydroxylation sites is 3. The number of nitrogens with one attached hydrogen (secondary N) is 4. The van der Waals surface area contributed by atoms with Gasteiger partial charge in [-0.3, -0.25) is 4.79 Å². The first-order chi connectivity index (χ1) is 15.7. The third-order valence-corrected chi connectivity index (χ3v) is 4.48. The number of anilines is 6. The van der Waals surface area contributed by atoms with Crippen LogP contribution in [0.2, 0.25) is 0 Å². The number of nitrogens with zero attached hydrogens (tertiary/aromatic N) is 3. The van der Waals surface area contributed by atoms with Crippen molar-refractivity contribution >= 4 is 40.8 Å². The monoisotopic (exact) mass is 425 g/mol. The summed E-state index contributed by atoms with van der Waals surface area (Å²) in [6, 6.07) is 27.9. The smallest absolute Gasteiger partial charge is 0.246 e. The molecule has 1 aromatic heterocycles. The number of rotatable bonds is 8. The molecule has 4 aromatic rings. The Bertz CT molecular complexity index is 1100. The Labute approximate surface area is 186 Å². The number of aromatic nitrogens is 3. The molecule has 0 unspecified atom stereocenters. The predicted molar refractivity (Wildman–Crippen MR) is 127 cm³/mol. The highest BCUT2D eigenvalue weighted by atomic mass is 16.2. The van der Waals surface area contributed by atoms with Gasteiger partial charge in [0.1, 0.15) is 6.04 Å². The summed E-state index contributed by atoms with van der Waals surface area (Å²) in [6.45, 7) is 1.75. The van der Waals surface area contributed by atoms with Gasteiger partial charge in [0.15, 0.2) is 0 Å². The van der Waals surface area contributed by atoms with Crippen molar-refractivity contribution in [3.63, 3.8) is 0 Å². The van der Waals surface area contributed by atoms with Crippen LogP contribution in [-0.4, -0.2) is 26.9 Å². The number of amides is 1. The van der Waals surface area contributed by atoms with Gasteiger partial charge >= 0.3 is 0 Å². The summed E-state index contributed by atoms with van der Waals surface area (Å²) in [5.41, 5.74) is 2.40. The highest BCUT2D eigenvalue weighted by Gasteiger charge is 2.16. The second-order valence-electron chi connectivity index (χ2n) is 7.01. The lowest BCUT2D eigenvalue weighted by atomic mass is 10.2. The maximum absolute atomic E-state index is 12.6. The summed E-state index contributed by atoms with van der Waals surface area (Å²) in [5, 5.41) is 12.3. The van der Waals surface area contributed by atoms with Crippen molar-refractivity contribution in [2.24, 2.45) is 0 Å². The minimum absolute atomic E-state index is 0.202. The van der Waals surface area contributed by atoms with Crippen molar-refractivity contribution in [2.45, 2.75) is 13.0 Å². The van der Waals surface area contributed by atoms with Crippen LogP contribution in [0.15, 0.2) is 91.0 Å². The third kappa shape index (κ3) is 5.79. The molecule has 32 heavy (non-hydrogen) atoms. The average Bonchev–Trinajstić information content (AvgIpc) is 2.81. The summed E-state index contributed by atoms with van der Waals surface area (Å²) >= 11 is 0. The van der Waals surface area contributed by atoms with Crippen LogP contribution in [0.25, 0.3) is 0 Å². The predicted octanol–water partition coefficient (Wildman–Crippen LogP) is 4.80. The molecule has 4 N–H and O–H groups in total. The Balaban J connectivity index is 1.54. The molecule has 0 aliphatic rings. The molecule has 0 bridgehead atoms. The third-order valence-electron chi connectivity index (χ3n) is 4.48. The van der Waals surface area contributed by atoms with Crippen LogP contribution in [0, 0.1) is 0 Å². The van der Waals surface area contributed by atoms with E-state index < -0.39 is 6.04 Å². The van der Waals surface area contributed by atoms with Gasteiger partial charge in [0.2, 0.25) is 23.8 Å². The fraction of sp³-hybridized carbons (Fsp3) is 0.0833. The van der Waals surface area contributed by atoms with Crippen molar-refractivity contribution < 1.29 is 4.79 Å². The SMILES string of the molecule is C[C@@H](Nc1nc(Nc2ccccc2)nc(Nc2ccccc2)n1)C(=O)Nc1ccccc1. The molecule has 0 radical (unpaired) electrons. The van der Waals surface area contributed by atoms with Gasteiger partial charge in [-0.05, 0) is 43.3 Å². The second-order valence-corrected chi connectivity index (χ2v) is 7.01. The van der Waals surface area contributed by atoms with E-state index >= 15 is 0 Å². The lowest BCUT2D eigenvalue weighted by molar-refractivity contribution is -0.116. The van der Waals surface area contributed by atoms with Gasteiger partial charge in [-0.2, -0.15) is 15.0 Å². The van der Waals surface area contributed by atoms with Crippen LogP contribution in [0.4, 0.5) is 34.9 Å². The molecular formula is C24H23N7O. The van der Waals surface area contributed by atoms with E-state index in [1.165, 1.54) is 0 Å². The van der Waals surface area contributed by atoms with E-state index in [2.05, 4.69) is 36.2 Å². The first-order valence-electron chi connectivity index (χ1n) is 10.2. The molecule has 0 spiro atoms. The van der Waals surface area contributed by atoms with E-state index in [4.69, 9.17) is 0 Å². The van der Waals surface area contributed by atoms with Crippen LogP contribution in [0.3, 0.4) is 0 Å². The number of carbonyl (C=O) groups excluding carboxylic acids is 1. The minimum Gasteiger partial charge on any atom is -0.342 e. The Kier molecular flexibility index (Phi) is 6.52. The van der Waals surface area contributed by atoms with Crippen molar-refractivity contribution in [2.75, 3.05) is 21.3 Å². The number of hydrogen-bond donors (Lipinski definition) is 4. The zero-order chi connectivity index (χ0) is 22.2. The average molecular weight is 425 g/mol. The van der Waals surface area contributed by atoms with E-state index in [-0.39, 0.29) is 11.9 Å². The van der Waals surface area contributed by atoms with Crippen LogP contribution >= 0.6 is 0 Å². The molecule has 160 valence electrons.